The minimum Gasteiger partial charge on any atom is -0.0691 e. The summed E-state index contributed by atoms with van der Waals surface area (Å²) in [6.45, 7) is 14.4. The Morgan fingerprint density at radius 2 is 1.25 bits per heavy atom. The van der Waals surface area contributed by atoms with Gasteiger partial charge in [0.05, 0.1) is 8.07 Å². The van der Waals surface area contributed by atoms with E-state index in [1.807, 2.05) is 0 Å². The molecule has 12 heavy (non-hydrogen) atoms. The van der Waals surface area contributed by atoms with Crippen LogP contribution in [0.3, 0.4) is 0 Å². The summed E-state index contributed by atoms with van der Waals surface area (Å²) in [4.78, 5) is 0. The molecule has 0 heterocycles. The van der Waals surface area contributed by atoms with Crippen LogP contribution in [0.2, 0.25) is 24.7 Å². The summed E-state index contributed by atoms with van der Waals surface area (Å²) >= 11 is 0. The van der Waals surface area contributed by atoms with Crippen LogP contribution >= 0.6 is 0 Å². The highest BCUT2D eigenvalue weighted by Gasteiger charge is 2.26. The van der Waals surface area contributed by atoms with Gasteiger partial charge < -0.3 is 0 Å². The van der Waals surface area contributed by atoms with Crippen molar-refractivity contribution in [3.8, 4) is 0 Å². The quantitative estimate of drug-likeness (QED) is 0.558. The van der Waals surface area contributed by atoms with Crippen molar-refractivity contribution in [2.75, 3.05) is 0 Å². The summed E-state index contributed by atoms with van der Waals surface area (Å²) in [5.41, 5.74) is 0. The summed E-state index contributed by atoms with van der Waals surface area (Å²) in [6, 6.07) is 4.49. The zero-order valence-electron chi connectivity index (χ0n) is 9.78. The Kier molecular flexibility index (Phi) is 5.15. The summed E-state index contributed by atoms with van der Waals surface area (Å²) in [6.07, 6.45) is 0. The lowest BCUT2D eigenvalue weighted by atomic mass is 10.3. The third-order valence-electron chi connectivity index (χ3n) is 2.66. The van der Waals surface area contributed by atoms with Crippen LogP contribution in [0.1, 0.15) is 34.6 Å². The topological polar surface area (TPSA) is 0 Å². The highest BCUT2D eigenvalue weighted by Crippen LogP contribution is 2.28. The highest BCUT2D eigenvalue weighted by molar-refractivity contribution is 6.78. The maximum absolute atomic E-state index is 2.58. The minimum atomic E-state index is -0.850. The molecule has 0 spiro atoms. The third kappa shape index (κ3) is 4.97. The molecular formula is C11H26Si. The Bertz CT molecular complexity index is 106. The summed E-state index contributed by atoms with van der Waals surface area (Å²) < 4.78 is 0. The van der Waals surface area contributed by atoms with Gasteiger partial charge in [-0.05, 0) is 11.8 Å². The average Bonchev–Trinajstić information content (AvgIpc) is 1.83. The van der Waals surface area contributed by atoms with Gasteiger partial charge >= 0.3 is 0 Å². The van der Waals surface area contributed by atoms with Crippen molar-refractivity contribution in [2.45, 2.75) is 59.3 Å². The Labute approximate surface area is 79.8 Å². The number of hydrogen-bond acceptors (Lipinski definition) is 0. The second kappa shape index (κ2) is 5.06. The molecule has 0 amide bonds. The molecule has 1 heteroatoms. The van der Waals surface area contributed by atoms with E-state index in [-0.39, 0.29) is 0 Å². The van der Waals surface area contributed by atoms with Crippen LogP contribution in [0, 0.1) is 11.8 Å². The molecule has 0 atom stereocenters. The average molecular weight is 186 g/mol. The van der Waals surface area contributed by atoms with Crippen molar-refractivity contribution in [1.29, 1.82) is 0 Å². The first kappa shape index (κ1) is 12.2. The van der Waals surface area contributed by atoms with Crippen LogP contribution in [-0.4, -0.2) is 8.07 Å². The van der Waals surface area contributed by atoms with Crippen LogP contribution in [0.5, 0.6) is 0 Å². The van der Waals surface area contributed by atoms with E-state index in [2.05, 4.69) is 41.2 Å². The zero-order chi connectivity index (χ0) is 9.78. The van der Waals surface area contributed by atoms with Crippen LogP contribution in [0.25, 0.3) is 0 Å². The van der Waals surface area contributed by atoms with Gasteiger partial charge in [0.25, 0.3) is 0 Å². The first-order valence-electron chi connectivity index (χ1n) is 5.39. The first-order valence-corrected chi connectivity index (χ1v) is 8.51. The van der Waals surface area contributed by atoms with Crippen LogP contribution in [-0.2, 0) is 0 Å². The second-order valence-corrected chi connectivity index (χ2v) is 10.5. The lowest BCUT2D eigenvalue weighted by Crippen LogP contribution is -2.32. The van der Waals surface area contributed by atoms with Crippen LogP contribution in [0.15, 0.2) is 0 Å². The molecule has 0 bridgehead atoms. The van der Waals surface area contributed by atoms with Gasteiger partial charge in [-0.3, -0.25) is 0 Å². The number of hydrogen-bond donors (Lipinski definition) is 0. The van der Waals surface area contributed by atoms with Gasteiger partial charge in [-0.1, -0.05) is 59.3 Å². The van der Waals surface area contributed by atoms with Gasteiger partial charge in [0.15, 0.2) is 0 Å². The maximum Gasteiger partial charge on any atom is 0.0507 e. The minimum absolute atomic E-state index is 0.850. The van der Waals surface area contributed by atoms with Gasteiger partial charge in [0.2, 0.25) is 0 Å². The molecule has 0 aliphatic carbocycles. The molecule has 0 N–H and O–H groups in total. The largest absolute Gasteiger partial charge is 0.0691 e. The second-order valence-electron chi connectivity index (χ2n) is 5.36. The van der Waals surface area contributed by atoms with E-state index in [4.69, 9.17) is 0 Å². The normalized spacial score (nSPS) is 13.0. The fourth-order valence-corrected chi connectivity index (χ4v) is 7.03. The molecule has 74 valence electrons. The van der Waals surface area contributed by atoms with E-state index in [1.54, 1.807) is 0 Å². The Morgan fingerprint density at radius 3 is 1.42 bits per heavy atom. The first-order chi connectivity index (χ1) is 5.39. The zero-order valence-corrected chi connectivity index (χ0v) is 10.8. The predicted molar refractivity (Wildman–Crippen MR) is 61.4 cm³/mol. The molecule has 0 aliphatic rings. The number of rotatable bonds is 5. The van der Waals surface area contributed by atoms with E-state index in [0.29, 0.717) is 0 Å². The molecular weight excluding hydrogens is 160 g/mol. The standard InChI is InChI=1S/C11H26Si/c1-7-12(6,8-10(2)3)9-11(4)5/h10-11H,7-9H2,1-6H3. The Morgan fingerprint density at radius 1 is 0.917 bits per heavy atom. The van der Waals surface area contributed by atoms with E-state index in [0.717, 1.165) is 11.8 Å². The maximum atomic E-state index is 2.58. The van der Waals surface area contributed by atoms with E-state index >= 15 is 0 Å². The lowest BCUT2D eigenvalue weighted by Gasteiger charge is -2.29. The molecule has 0 fully saturated rings. The van der Waals surface area contributed by atoms with Crippen LogP contribution in [0.4, 0.5) is 0 Å². The summed E-state index contributed by atoms with van der Waals surface area (Å²) in [5.74, 6) is 1.81. The van der Waals surface area contributed by atoms with Crippen molar-refractivity contribution >= 4 is 8.07 Å². The van der Waals surface area contributed by atoms with Crippen molar-refractivity contribution in [3.05, 3.63) is 0 Å². The van der Waals surface area contributed by atoms with Crippen molar-refractivity contribution in [1.82, 2.24) is 0 Å². The fraction of sp³-hybridized carbons (Fsp3) is 1.00. The van der Waals surface area contributed by atoms with Crippen molar-refractivity contribution in [2.24, 2.45) is 11.8 Å². The fourth-order valence-electron chi connectivity index (χ4n) is 2.34. The van der Waals surface area contributed by atoms with E-state index < -0.39 is 8.07 Å². The molecule has 0 rings (SSSR count). The smallest absolute Gasteiger partial charge is 0.0507 e. The molecule has 0 aromatic heterocycles. The molecule has 0 nitrogen and oxygen atoms in total. The molecule has 0 aliphatic heterocycles. The molecule has 0 aromatic carbocycles. The molecule has 0 unspecified atom stereocenters. The van der Waals surface area contributed by atoms with E-state index in [9.17, 15) is 0 Å². The Balaban J connectivity index is 4.04. The molecule has 0 saturated heterocycles. The molecule has 0 radical (unpaired) electrons. The van der Waals surface area contributed by atoms with E-state index in [1.165, 1.54) is 18.1 Å². The monoisotopic (exact) mass is 186 g/mol. The Hall–Kier alpha value is 0.217. The third-order valence-corrected chi connectivity index (χ3v) is 7.97. The molecule has 0 aromatic rings. The van der Waals surface area contributed by atoms with Gasteiger partial charge in [-0.15, -0.1) is 0 Å². The summed E-state index contributed by atoms with van der Waals surface area (Å²) in [7, 11) is -0.850. The SMILES string of the molecule is CC[Si](C)(CC(C)C)CC(C)C. The lowest BCUT2D eigenvalue weighted by molar-refractivity contribution is 0.676. The molecule has 0 saturated carbocycles. The van der Waals surface area contributed by atoms with Gasteiger partial charge in [0, 0.05) is 0 Å². The van der Waals surface area contributed by atoms with Crippen LogP contribution < -0.4 is 0 Å². The van der Waals surface area contributed by atoms with Crippen molar-refractivity contribution < 1.29 is 0 Å². The predicted octanol–water partition coefficient (Wildman–Crippen LogP) is 4.40. The summed E-state index contributed by atoms with van der Waals surface area (Å²) in [5, 5.41) is 0. The van der Waals surface area contributed by atoms with Gasteiger partial charge in [-0.2, -0.15) is 0 Å². The van der Waals surface area contributed by atoms with Crippen molar-refractivity contribution in [3.63, 3.8) is 0 Å². The van der Waals surface area contributed by atoms with Gasteiger partial charge in [-0.25, -0.2) is 0 Å². The van der Waals surface area contributed by atoms with Gasteiger partial charge in [0.1, 0.15) is 0 Å². The highest BCUT2D eigenvalue weighted by atomic mass is 28.3.